The van der Waals surface area contributed by atoms with Gasteiger partial charge in [0.05, 0.1) is 18.4 Å². The predicted octanol–water partition coefficient (Wildman–Crippen LogP) is 4.82. The summed E-state index contributed by atoms with van der Waals surface area (Å²) in [4.78, 5) is 18.0. The van der Waals surface area contributed by atoms with Crippen LogP contribution in [-0.2, 0) is 16.1 Å². The lowest BCUT2D eigenvalue weighted by molar-refractivity contribution is -0.143. The number of unbranched alkanes of at least 4 members (excludes halogenated alkanes) is 1. The van der Waals surface area contributed by atoms with Crippen LogP contribution in [0.1, 0.15) is 56.5 Å². The number of nitriles is 3. The SMILES string of the molecule is CCCCN(CCCC(=O)OCC)c1cc(C)ccc1N=Nc1nc(C#N)c(C#N)n1CC#N. The van der Waals surface area contributed by atoms with Gasteiger partial charge >= 0.3 is 5.97 Å². The normalized spacial score (nSPS) is 10.5. The van der Waals surface area contributed by atoms with Crippen LogP contribution in [0.2, 0.25) is 0 Å². The van der Waals surface area contributed by atoms with Gasteiger partial charge < -0.3 is 9.64 Å². The van der Waals surface area contributed by atoms with E-state index in [1.165, 1.54) is 4.57 Å². The van der Waals surface area contributed by atoms with Crippen LogP contribution in [0.3, 0.4) is 0 Å². The molecule has 1 heterocycles. The number of carbonyl (C=O) groups excluding carboxylic acids is 1. The number of azo groups is 1. The first-order chi connectivity index (χ1) is 16.5. The molecule has 0 bridgehead atoms. The van der Waals surface area contributed by atoms with Gasteiger partial charge in [0.2, 0.25) is 0 Å². The summed E-state index contributed by atoms with van der Waals surface area (Å²) < 4.78 is 6.30. The Morgan fingerprint density at radius 3 is 2.56 bits per heavy atom. The summed E-state index contributed by atoms with van der Waals surface area (Å²) in [5.74, 6) is -0.198. The van der Waals surface area contributed by atoms with E-state index in [-0.39, 0.29) is 29.9 Å². The molecule has 0 unspecified atom stereocenters. The number of benzene rings is 1. The zero-order chi connectivity index (χ0) is 24.9. The van der Waals surface area contributed by atoms with Gasteiger partial charge in [0.1, 0.15) is 24.4 Å². The van der Waals surface area contributed by atoms with Crippen LogP contribution in [0.4, 0.5) is 17.3 Å². The van der Waals surface area contributed by atoms with Crippen LogP contribution in [-0.4, -0.2) is 35.2 Å². The van der Waals surface area contributed by atoms with Gasteiger partial charge in [-0.25, -0.2) is 0 Å². The first-order valence-electron chi connectivity index (χ1n) is 11.2. The molecule has 0 saturated carbocycles. The summed E-state index contributed by atoms with van der Waals surface area (Å²) in [6, 6.07) is 11.5. The Balaban J connectivity index is 2.39. The first-order valence-corrected chi connectivity index (χ1v) is 11.2. The Bertz CT molecular complexity index is 1150. The second kappa shape index (κ2) is 13.3. The highest BCUT2D eigenvalue weighted by atomic mass is 16.5. The maximum atomic E-state index is 11.8. The summed E-state index contributed by atoms with van der Waals surface area (Å²) in [6.07, 6.45) is 2.94. The van der Waals surface area contributed by atoms with Crippen molar-refractivity contribution in [2.45, 2.75) is 53.0 Å². The van der Waals surface area contributed by atoms with E-state index in [2.05, 4.69) is 27.0 Å². The summed E-state index contributed by atoms with van der Waals surface area (Å²) in [5, 5.41) is 36.3. The molecular weight excluding hydrogens is 432 g/mol. The van der Waals surface area contributed by atoms with E-state index in [9.17, 15) is 15.3 Å². The molecule has 0 N–H and O–H groups in total. The van der Waals surface area contributed by atoms with E-state index >= 15 is 0 Å². The number of hydrogen-bond acceptors (Lipinski definition) is 9. The van der Waals surface area contributed by atoms with Gasteiger partial charge in [-0.15, -0.1) is 10.2 Å². The number of aryl methyl sites for hydroxylation is 1. The third-order valence-electron chi connectivity index (χ3n) is 5.00. The highest BCUT2D eigenvalue weighted by Crippen LogP contribution is 2.32. The van der Waals surface area contributed by atoms with Crippen molar-refractivity contribution in [1.82, 2.24) is 9.55 Å². The summed E-state index contributed by atoms with van der Waals surface area (Å²) >= 11 is 0. The van der Waals surface area contributed by atoms with E-state index in [1.807, 2.05) is 43.3 Å². The number of nitrogens with zero attached hydrogens (tertiary/aromatic N) is 8. The molecule has 0 aliphatic carbocycles. The number of hydrogen-bond donors (Lipinski definition) is 0. The molecule has 10 nitrogen and oxygen atoms in total. The van der Waals surface area contributed by atoms with E-state index in [1.54, 1.807) is 6.92 Å². The molecule has 0 atom stereocenters. The molecule has 0 radical (unpaired) electrons. The maximum absolute atomic E-state index is 11.8. The molecule has 10 heteroatoms. The van der Waals surface area contributed by atoms with Gasteiger partial charge in [0.15, 0.2) is 11.4 Å². The molecule has 34 heavy (non-hydrogen) atoms. The van der Waals surface area contributed by atoms with Crippen molar-refractivity contribution in [2.24, 2.45) is 10.2 Å². The average Bonchev–Trinajstić information content (AvgIpc) is 3.17. The Labute approximate surface area is 199 Å². The average molecular weight is 461 g/mol. The molecule has 0 amide bonds. The van der Waals surface area contributed by atoms with Crippen molar-refractivity contribution in [2.75, 3.05) is 24.6 Å². The maximum Gasteiger partial charge on any atom is 0.305 e. The number of imidazole rings is 1. The molecule has 0 aliphatic rings. The fourth-order valence-electron chi connectivity index (χ4n) is 3.35. The van der Waals surface area contributed by atoms with E-state index < -0.39 is 0 Å². The van der Waals surface area contributed by atoms with Crippen molar-refractivity contribution in [1.29, 1.82) is 15.8 Å². The number of carbonyl (C=O) groups is 1. The molecular formula is C24H28N8O2. The summed E-state index contributed by atoms with van der Waals surface area (Å²) in [7, 11) is 0. The van der Waals surface area contributed by atoms with Crippen molar-refractivity contribution >= 4 is 23.3 Å². The number of esters is 1. The lowest BCUT2D eigenvalue weighted by Gasteiger charge is -2.26. The van der Waals surface area contributed by atoms with Gasteiger partial charge in [-0.2, -0.15) is 20.8 Å². The number of aromatic nitrogens is 2. The van der Waals surface area contributed by atoms with Crippen LogP contribution in [0.25, 0.3) is 0 Å². The topological polar surface area (TPSA) is 143 Å². The molecule has 1 aromatic carbocycles. The molecule has 0 saturated heterocycles. The molecule has 2 rings (SSSR count). The Morgan fingerprint density at radius 1 is 1.15 bits per heavy atom. The van der Waals surface area contributed by atoms with Crippen LogP contribution >= 0.6 is 0 Å². The van der Waals surface area contributed by atoms with Crippen molar-refractivity contribution < 1.29 is 9.53 Å². The molecule has 2 aromatic rings. The second-order valence-corrected chi connectivity index (χ2v) is 7.52. The lowest BCUT2D eigenvalue weighted by atomic mass is 10.1. The fourth-order valence-corrected chi connectivity index (χ4v) is 3.35. The monoisotopic (exact) mass is 460 g/mol. The largest absolute Gasteiger partial charge is 0.466 e. The van der Waals surface area contributed by atoms with Gasteiger partial charge in [0.25, 0.3) is 5.95 Å². The minimum absolute atomic E-state index is 0.0172. The molecule has 0 spiro atoms. The molecule has 176 valence electrons. The quantitative estimate of drug-likeness (QED) is 0.326. The van der Waals surface area contributed by atoms with E-state index in [4.69, 9.17) is 10.00 Å². The van der Waals surface area contributed by atoms with Gasteiger partial charge in [-0.1, -0.05) is 19.4 Å². The standard InChI is InChI=1S/C24H28N8O2/c1-4-6-12-31(13-7-8-23(33)34-5-2)21-15-18(3)9-10-19(21)29-30-24-28-20(16-26)22(17-27)32(24)14-11-25/h9-10,15H,4-8,12-14H2,1-3H3. The van der Waals surface area contributed by atoms with Crippen molar-refractivity contribution in [3.05, 3.63) is 35.2 Å². The highest BCUT2D eigenvalue weighted by Gasteiger charge is 2.17. The van der Waals surface area contributed by atoms with Crippen LogP contribution in [0.5, 0.6) is 0 Å². The van der Waals surface area contributed by atoms with E-state index in [0.717, 1.165) is 30.6 Å². The number of ether oxygens (including phenoxy) is 1. The van der Waals surface area contributed by atoms with Crippen molar-refractivity contribution in [3.63, 3.8) is 0 Å². The van der Waals surface area contributed by atoms with Gasteiger partial charge in [-0.3, -0.25) is 9.36 Å². The van der Waals surface area contributed by atoms with Crippen LogP contribution in [0.15, 0.2) is 28.4 Å². The smallest absolute Gasteiger partial charge is 0.305 e. The zero-order valence-corrected chi connectivity index (χ0v) is 19.8. The molecule has 0 aliphatic heterocycles. The Kier molecular flexibility index (Phi) is 10.2. The summed E-state index contributed by atoms with van der Waals surface area (Å²) in [6.45, 7) is 7.50. The van der Waals surface area contributed by atoms with Gasteiger partial charge in [0, 0.05) is 19.5 Å². The Morgan fingerprint density at radius 2 is 1.91 bits per heavy atom. The highest BCUT2D eigenvalue weighted by molar-refractivity contribution is 5.70. The number of anilines is 1. The zero-order valence-electron chi connectivity index (χ0n) is 19.8. The van der Waals surface area contributed by atoms with Gasteiger partial charge in [-0.05, 0) is 44.4 Å². The fraction of sp³-hybridized carbons (Fsp3) is 0.458. The number of rotatable bonds is 12. The van der Waals surface area contributed by atoms with Crippen LogP contribution < -0.4 is 4.90 Å². The third-order valence-corrected chi connectivity index (χ3v) is 5.00. The molecule has 0 fully saturated rings. The Hall–Kier alpha value is -4.23. The van der Waals surface area contributed by atoms with Crippen LogP contribution in [0, 0.1) is 40.9 Å². The predicted molar refractivity (Wildman–Crippen MR) is 126 cm³/mol. The minimum atomic E-state index is -0.215. The lowest BCUT2D eigenvalue weighted by Crippen LogP contribution is -2.26. The summed E-state index contributed by atoms with van der Waals surface area (Å²) in [5.41, 5.74) is 2.37. The third kappa shape index (κ3) is 6.88. The molecule has 1 aromatic heterocycles. The first kappa shape index (κ1) is 26.0. The van der Waals surface area contributed by atoms with Crippen molar-refractivity contribution in [3.8, 4) is 18.2 Å². The second-order valence-electron chi connectivity index (χ2n) is 7.52. The minimum Gasteiger partial charge on any atom is -0.466 e. The van der Waals surface area contributed by atoms with E-state index in [0.29, 0.717) is 31.7 Å².